The molecule has 96 valence electrons. The van der Waals surface area contributed by atoms with Gasteiger partial charge in [0, 0.05) is 12.1 Å². The first-order chi connectivity index (χ1) is 8.59. The summed E-state index contributed by atoms with van der Waals surface area (Å²) in [5.74, 6) is 0. The van der Waals surface area contributed by atoms with Gasteiger partial charge in [-0.05, 0) is 47.9 Å². The minimum atomic E-state index is 0.158. The van der Waals surface area contributed by atoms with Gasteiger partial charge in [-0.1, -0.05) is 35.3 Å². The van der Waals surface area contributed by atoms with Gasteiger partial charge in [0.25, 0.3) is 0 Å². The normalized spacial score (nSPS) is 14.4. The molecule has 0 amide bonds. The first kappa shape index (κ1) is 13.9. The molecule has 2 rings (SSSR count). The number of nitrogens with one attached hydrogen (secondary N) is 1. The summed E-state index contributed by atoms with van der Waals surface area (Å²) in [4.78, 5) is 0. The van der Waals surface area contributed by atoms with Crippen LogP contribution in [0.4, 0.5) is 0 Å². The van der Waals surface area contributed by atoms with Crippen LogP contribution in [0.25, 0.3) is 0 Å². The van der Waals surface area contributed by atoms with Crippen molar-refractivity contribution in [3.8, 4) is 0 Å². The molecule has 1 heterocycles. The molecular weight excluding hydrogens is 285 g/mol. The maximum atomic E-state index is 6.23. The van der Waals surface area contributed by atoms with Crippen LogP contribution in [-0.4, -0.2) is 0 Å². The highest BCUT2D eigenvalue weighted by atomic mass is 35.5. The molecular formula is C14H15Cl2NS. The molecule has 18 heavy (non-hydrogen) atoms. The fraction of sp³-hybridized carbons (Fsp3) is 0.286. The van der Waals surface area contributed by atoms with Gasteiger partial charge in [0.1, 0.15) is 0 Å². The third-order valence-electron chi connectivity index (χ3n) is 2.99. The lowest BCUT2D eigenvalue weighted by molar-refractivity contribution is 0.496. The van der Waals surface area contributed by atoms with Crippen LogP contribution < -0.4 is 5.32 Å². The van der Waals surface area contributed by atoms with E-state index in [-0.39, 0.29) is 6.04 Å². The molecule has 1 aromatic heterocycles. The number of hydrogen-bond donors (Lipinski definition) is 1. The number of hydrogen-bond acceptors (Lipinski definition) is 2. The van der Waals surface area contributed by atoms with Crippen molar-refractivity contribution in [1.82, 2.24) is 5.32 Å². The fourth-order valence-corrected chi connectivity index (χ4v) is 3.16. The molecule has 0 aliphatic carbocycles. The Hall–Kier alpha value is -0.540. The van der Waals surface area contributed by atoms with Crippen LogP contribution in [0.5, 0.6) is 0 Å². The summed E-state index contributed by atoms with van der Waals surface area (Å²) in [6.45, 7) is 4.25. The van der Waals surface area contributed by atoms with E-state index >= 15 is 0 Å². The number of rotatable bonds is 4. The molecule has 2 aromatic rings. The molecule has 0 bridgehead atoms. The molecule has 4 heteroatoms. The van der Waals surface area contributed by atoms with E-state index in [2.05, 4.69) is 36.0 Å². The molecule has 1 N–H and O–H groups in total. The van der Waals surface area contributed by atoms with Crippen molar-refractivity contribution >= 4 is 34.5 Å². The van der Waals surface area contributed by atoms with E-state index in [0.717, 1.165) is 5.56 Å². The number of halogens is 2. The van der Waals surface area contributed by atoms with Gasteiger partial charge in [0.15, 0.2) is 0 Å². The summed E-state index contributed by atoms with van der Waals surface area (Å²) in [6, 6.07) is 8.33. The molecule has 0 saturated heterocycles. The molecule has 0 radical (unpaired) electrons. The quantitative estimate of drug-likeness (QED) is 0.789. The summed E-state index contributed by atoms with van der Waals surface area (Å²) in [5, 5.41) is 9.01. The molecule has 1 aromatic carbocycles. The Morgan fingerprint density at radius 2 is 1.89 bits per heavy atom. The van der Waals surface area contributed by atoms with Crippen molar-refractivity contribution in [3.63, 3.8) is 0 Å². The molecule has 1 nitrogen and oxygen atoms in total. The smallest absolute Gasteiger partial charge is 0.0639 e. The second kappa shape index (κ2) is 6.07. The molecule has 0 spiro atoms. The number of benzene rings is 1. The van der Waals surface area contributed by atoms with E-state index in [4.69, 9.17) is 23.2 Å². The summed E-state index contributed by atoms with van der Waals surface area (Å²) >= 11 is 14.0. The van der Waals surface area contributed by atoms with Crippen molar-refractivity contribution in [2.75, 3.05) is 0 Å². The van der Waals surface area contributed by atoms with Crippen molar-refractivity contribution in [3.05, 3.63) is 56.2 Å². The van der Waals surface area contributed by atoms with Crippen LogP contribution in [0.1, 0.15) is 37.1 Å². The van der Waals surface area contributed by atoms with Crippen LogP contribution in [0.15, 0.2) is 35.0 Å². The average Bonchev–Trinajstić information content (AvgIpc) is 2.86. The second-order valence-electron chi connectivity index (χ2n) is 4.31. The van der Waals surface area contributed by atoms with Gasteiger partial charge in [0.2, 0.25) is 0 Å². The van der Waals surface area contributed by atoms with Crippen molar-refractivity contribution in [2.45, 2.75) is 25.9 Å². The molecule has 2 atom stereocenters. The largest absolute Gasteiger partial charge is 0.304 e. The predicted molar refractivity (Wildman–Crippen MR) is 80.7 cm³/mol. The highest BCUT2D eigenvalue weighted by molar-refractivity contribution is 7.07. The Balaban J connectivity index is 2.12. The molecule has 0 fully saturated rings. The van der Waals surface area contributed by atoms with Gasteiger partial charge in [-0.15, -0.1) is 0 Å². The first-order valence-corrected chi connectivity index (χ1v) is 7.51. The van der Waals surface area contributed by atoms with Gasteiger partial charge in [-0.25, -0.2) is 0 Å². The minimum Gasteiger partial charge on any atom is -0.304 e. The van der Waals surface area contributed by atoms with Gasteiger partial charge >= 0.3 is 0 Å². The topological polar surface area (TPSA) is 12.0 Å². The SMILES string of the molecule is CC(NC(C)c1cccc(Cl)c1Cl)c1ccsc1. The van der Waals surface area contributed by atoms with Crippen molar-refractivity contribution in [1.29, 1.82) is 0 Å². The lowest BCUT2D eigenvalue weighted by Gasteiger charge is -2.21. The zero-order valence-corrected chi connectivity index (χ0v) is 12.6. The Bertz CT molecular complexity index is 511. The van der Waals surface area contributed by atoms with E-state index < -0.39 is 0 Å². The highest BCUT2D eigenvalue weighted by Gasteiger charge is 2.15. The lowest BCUT2D eigenvalue weighted by Crippen LogP contribution is -2.22. The summed E-state index contributed by atoms with van der Waals surface area (Å²) < 4.78 is 0. The van der Waals surface area contributed by atoms with E-state index in [1.165, 1.54) is 5.56 Å². The Morgan fingerprint density at radius 3 is 2.56 bits per heavy atom. The maximum Gasteiger partial charge on any atom is 0.0639 e. The van der Waals surface area contributed by atoms with Crippen LogP contribution in [0.2, 0.25) is 10.0 Å². The third kappa shape index (κ3) is 3.07. The zero-order valence-electron chi connectivity index (χ0n) is 10.3. The Morgan fingerprint density at radius 1 is 1.11 bits per heavy atom. The monoisotopic (exact) mass is 299 g/mol. The zero-order chi connectivity index (χ0) is 13.1. The first-order valence-electron chi connectivity index (χ1n) is 5.81. The molecule has 2 unspecified atom stereocenters. The fourth-order valence-electron chi connectivity index (χ4n) is 1.94. The highest BCUT2D eigenvalue weighted by Crippen LogP contribution is 2.31. The second-order valence-corrected chi connectivity index (χ2v) is 5.87. The molecule has 0 aliphatic rings. The van der Waals surface area contributed by atoms with Gasteiger partial charge in [-0.3, -0.25) is 0 Å². The lowest BCUT2D eigenvalue weighted by atomic mass is 10.1. The van der Waals surface area contributed by atoms with E-state index in [1.807, 2.05) is 18.2 Å². The van der Waals surface area contributed by atoms with E-state index in [0.29, 0.717) is 16.1 Å². The third-order valence-corrected chi connectivity index (χ3v) is 4.53. The van der Waals surface area contributed by atoms with Crippen LogP contribution in [0.3, 0.4) is 0 Å². The van der Waals surface area contributed by atoms with Crippen LogP contribution >= 0.6 is 34.5 Å². The average molecular weight is 300 g/mol. The summed E-state index contributed by atoms with van der Waals surface area (Å²) in [5.41, 5.74) is 2.33. The summed E-state index contributed by atoms with van der Waals surface area (Å²) in [6.07, 6.45) is 0. The van der Waals surface area contributed by atoms with Gasteiger partial charge < -0.3 is 5.32 Å². The van der Waals surface area contributed by atoms with E-state index in [9.17, 15) is 0 Å². The van der Waals surface area contributed by atoms with Gasteiger partial charge in [-0.2, -0.15) is 11.3 Å². The maximum absolute atomic E-state index is 6.23. The standard InChI is InChI=1S/C14H15Cl2NS/c1-9(11-6-7-18-8-11)17-10(2)12-4-3-5-13(15)14(12)16/h3-10,17H,1-2H3. The number of thiophene rings is 1. The summed E-state index contributed by atoms with van der Waals surface area (Å²) in [7, 11) is 0. The van der Waals surface area contributed by atoms with Gasteiger partial charge in [0.05, 0.1) is 10.0 Å². The predicted octanol–water partition coefficient (Wildman–Crippen LogP) is 5.47. The van der Waals surface area contributed by atoms with E-state index in [1.54, 1.807) is 11.3 Å². The minimum absolute atomic E-state index is 0.158. The van der Waals surface area contributed by atoms with Crippen LogP contribution in [-0.2, 0) is 0 Å². The van der Waals surface area contributed by atoms with Crippen LogP contribution in [0, 0.1) is 0 Å². The van der Waals surface area contributed by atoms with Crippen molar-refractivity contribution < 1.29 is 0 Å². The molecule has 0 aliphatic heterocycles. The Labute approximate surface area is 122 Å². The van der Waals surface area contributed by atoms with Crippen molar-refractivity contribution in [2.24, 2.45) is 0 Å². The molecule has 0 saturated carbocycles. The Kier molecular flexibility index (Phi) is 4.68.